The lowest BCUT2D eigenvalue weighted by Gasteiger charge is -2.16. The molecule has 1 atom stereocenters. The van der Waals surface area contributed by atoms with E-state index in [0.717, 1.165) is 24.2 Å². The molecule has 25 heavy (non-hydrogen) atoms. The largest absolute Gasteiger partial charge is 0.374 e. The second-order valence-electron chi connectivity index (χ2n) is 6.18. The van der Waals surface area contributed by atoms with Gasteiger partial charge < -0.3 is 16.0 Å². The number of rotatable bonds is 6. The van der Waals surface area contributed by atoms with Crippen LogP contribution in [-0.4, -0.2) is 17.9 Å². The van der Waals surface area contributed by atoms with Crippen molar-refractivity contribution in [1.29, 1.82) is 0 Å². The van der Waals surface area contributed by atoms with Gasteiger partial charge in [-0.2, -0.15) is 0 Å². The first-order valence-corrected chi connectivity index (χ1v) is 8.63. The SMILES string of the molecule is C[C@H](Nc1ccc(NC(=O)C2CC2)cc1)C(=O)Nc1ccccc1Cl. The minimum atomic E-state index is -0.442. The molecule has 6 heteroatoms. The number of anilines is 3. The molecule has 1 aliphatic carbocycles. The number of hydrogen-bond acceptors (Lipinski definition) is 3. The van der Waals surface area contributed by atoms with Crippen LogP contribution in [0.15, 0.2) is 48.5 Å². The molecular weight excluding hydrogens is 338 g/mol. The normalized spacial score (nSPS) is 14.5. The molecule has 130 valence electrons. The highest BCUT2D eigenvalue weighted by Gasteiger charge is 2.29. The van der Waals surface area contributed by atoms with Gasteiger partial charge in [0.25, 0.3) is 0 Å². The Bertz CT molecular complexity index is 772. The molecule has 1 aliphatic rings. The van der Waals surface area contributed by atoms with Crippen LogP contribution in [0.4, 0.5) is 17.1 Å². The lowest BCUT2D eigenvalue weighted by Crippen LogP contribution is -2.31. The van der Waals surface area contributed by atoms with E-state index in [-0.39, 0.29) is 17.7 Å². The first-order chi connectivity index (χ1) is 12.0. The van der Waals surface area contributed by atoms with Gasteiger partial charge in [-0.1, -0.05) is 23.7 Å². The van der Waals surface area contributed by atoms with Gasteiger partial charge in [-0.15, -0.1) is 0 Å². The molecule has 2 amide bonds. The fraction of sp³-hybridized carbons (Fsp3) is 0.263. The lowest BCUT2D eigenvalue weighted by molar-refractivity contribution is -0.117. The monoisotopic (exact) mass is 357 g/mol. The predicted molar refractivity (Wildman–Crippen MR) is 101 cm³/mol. The Hall–Kier alpha value is -2.53. The van der Waals surface area contributed by atoms with Crippen LogP contribution < -0.4 is 16.0 Å². The highest BCUT2D eigenvalue weighted by Crippen LogP contribution is 2.30. The summed E-state index contributed by atoms with van der Waals surface area (Å²) in [6.45, 7) is 1.77. The van der Waals surface area contributed by atoms with E-state index in [0.29, 0.717) is 10.7 Å². The van der Waals surface area contributed by atoms with Crippen molar-refractivity contribution in [3.63, 3.8) is 0 Å². The van der Waals surface area contributed by atoms with Crippen molar-refractivity contribution in [1.82, 2.24) is 0 Å². The molecule has 0 aromatic heterocycles. The molecule has 2 aromatic rings. The Morgan fingerprint density at radius 3 is 2.28 bits per heavy atom. The average molecular weight is 358 g/mol. The molecule has 5 nitrogen and oxygen atoms in total. The lowest BCUT2D eigenvalue weighted by atomic mass is 10.2. The summed E-state index contributed by atoms with van der Waals surface area (Å²) in [4.78, 5) is 24.0. The summed E-state index contributed by atoms with van der Waals surface area (Å²) in [5.74, 6) is 0.0683. The number of benzene rings is 2. The van der Waals surface area contributed by atoms with Crippen LogP contribution in [0.3, 0.4) is 0 Å². The molecule has 0 unspecified atom stereocenters. The minimum absolute atomic E-state index is 0.0770. The highest BCUT2D eigenvalue weighted by molar-refractivity contribution is 6.33. The van der Waals surface area contributed by atoms with E-state index in [1.165, 1.54) is 0 Å². The topological polar surface area (TPSA) is 70.2 Å². The van der Waals surface area contributed by atoms with Gasteiger partial charge >= 0.3 is 0 Å². The number of halogens is 1. The molecule has 0 radical (unpaired) electrons. The van der Waals surface area contributed by atoms with Gasteiger partial charge in [-0.25, -0.2) is 0 Å². The second kappa shape index (κ2) is 7.57. The number of hydrogen-bond donors (Lipinski definition) is 3. The Morgan fingerprint density at radius 2 is 1.64 bits per heavy atom. The Balaban J connectivity index is 1.54. The standard InChI is InChI=1S/C19H20ClN3O2/c1-12(18(24)23-17-5-3-2-4-16(17)20)21-14-8-10-15(11-9-14)22-19(25)13-6-7-13/h2-5,8-13,21H,6-7H2,1H3,(H,22,25)(H,23,24)/t12-/m0/s1. The van der Waals surface area contributed by atoms with E-state index in [4.69, 9.17) is 11.6 Å². The van der Waals surface area contributed by atoms with Crippen LogP contribution in [0, 0.1) is 5.92 Å². The molecule has 0 spiro atoms. The van der Waals surface area contributed by atoms with Crippen molar-refractivity contribution in [2.45, 2.75) is 25.8 Å². The van der Waals surface area contributed by atoms with Crippen LogP contribution in [-0.2, 0) is 9.59 Å². The summed E-state index contributed by atoms with van der Waals surface area (Å²) in [6.07, 6.45) is 1.95. The molecule has 3 N–H and O–H groups in total. The van der Waals surface area contributed by atoms with Gasteiger partial charge in [-0.05, 0) is 56.2 Å². The molecule has 2 aromatic carbocycles. The molecule has 0 bridgehead atoms. The molecule has 1 fully saturated rings. The zero-order valence-electron chi connectivity index (χ0n) is 13.9. The van der Waals surface area contributed by atoms with Crippen molar-refractivity contribution in [2.75, 3.05) is 16.0 Å². The van der Waals surface area contributed by atoms with E-state index in [1.807, 2.05) is 36.4 Å². The summed E-state index contributed by atoms with van der Waals surface area (Å²) in [6, 6.07) is 14.0. The molecular formula is C19H20ClN3O2. The van der Waals surface area contributed by atoms with Crippen molar-refractivity contribution < 1.29 is 9.59 Å². The summed E-state index contributed by atoms with van der Waals surface area (Å²) < 4.78 is 0. The van der Waals surface area contributed by atoms with Gasteiger partial charge in [0.05, 0.1) is 10.7 Å². The smallest absolute Gasteiger partial charge is 0.246 e. The second-order valence-corrected chi connectivity index (χ2v) is 6.58. The maximum atomic E-state index is 12.3. The quantitative estimate of drug-likeness (QED) is 0.728. The maximum absolute atomic E-state index is 12.3. The van der Waals surface area contributed by atoms with Crippen LogP contribution in [0.2, 0.25) is 5.02 Å². The van der Waals surface area contributed by atoms with Crippen molar-refractivity contribution >= 4 is 40.5 Å². The third kappa shape index (κ3) is 4.73. The number of para-hydroxylation sites is 1. The van der Waals surface area contributed by atoms with Gasteiger partial charge in [0.1, 0.15) is 6.04 Å². The third-order valence-electron chi connectivity index (χ3n) is 4.01. The van der Waals surface area contributed by atoms with Crippen molar-refractivity contribution in [2.24, 2.45) is 5.92 Å². The summed E-state index contributed by atoms with van der Waals surface area (Å²) in [7, 11) is 0. The van der Waals surface area contributed by atoms with Crippen LogP contribution in [0.1, 0.15) is 19.8 Å². The molecule has 3 rings (SSSR count). The van der Waals surface area contributed by atoms with Crippen LogP contribution >= 0.6 is 11.6 Å². The average Bonchev–Trinajstić information content (AvgIpc) is 3.43. The Labute approximate surface area is 151 Å². The number of carbonyl (C=O) groups is 2. The predicted octanol–water partition coefficient (Wildman–Crippen LogP) is 4.13. The summed E-state index contributed by atoms with van der Waals surface area (Å²) in [5.41, 5.74) is 2.14. The molecule has 1 saturated carbocycles. The van der Waals surface area contributed by atoms with Gasteiger partial charge in [0.15, 0.2) is 0 Å². The zero-order valence-corrected chi connectivity index (χ0v) is 14.6. The summed E-state index contributed by atoms with van der Waals surface area (Å²) >= 11 is 6.05. The Morgan fingerprint density at radius 1 is 1.00 bits per heavy atom. The van der Waals surface area contributed by atoms with E-state index in [2.05, 4.69) is 16.0 Å². The van der Waals surface area contributed by atoms with Crippen molar-refractivity contribution in [3.8, 4) is 0 Å². The summed E-state index contributed by atoms with van der Waals surface area (Å²) in [5, 5.41) is 9.31. The maximum Gasteiger partial charge on any atom is 0.246 e. The molecule has 0 heterocycles. The van der Waals surface area contributed by atoms with Crippen LogP contribution in [0.25, 0.3) is 0 Å². The van der Waals surface area contributed by atoms with E-state index < -0.39 is 6.04 Å². The highest BCUT2D eigenvalue weighted by atomic mass is 35.5. The van der Waals surface area contributed by atoms with Gasteiger partial charge in [-0.3, -0.25) is 9.59 Å². The number of nitrogens with one attached hydrogen (secondary N) is 3. The van der Waals surface area contributed by atoms with Crippen LogP contribution in [0.5, 0.6) is 0 Å². The van der Waals surface area contributed by atoms with E-state index in [1.54, 1.807) is 19.1 Å². The Kier molecular flexibility index (Phi) is 5.24. The van der Waals surface area contributed by atoms with E-state index in [9.17, 15) is 9.59 Å². The van der Waals surface area contributed by atoms with E-state index >= 15 is 0 Å². The minimum Gasteiger partial charge on any atom is -0.374 e. The number of carbonyl (C=O) groups excluding carboxylic acids is 2. The van der Waals surface area contributed by atoms with Crippen molar-refractivity contribution in [3.05, 3.63) is 53.6 Å². The molecule has 0 saturated heterocycles. The first-order valence-electron chi connectivity index (χ1n) is 8.26. The third-order valence-corrected chi connectivity index (χ3v) is 4.34. The zero-order chi connectivity index (χ0) is 17.8. The fourth-order valence-electron chi connectivity index (χ4n) is 2.36. The number of amides is 2. The van der Waals surface area contributed by atoms with Gasteiger partial charge in [0, 0.05) is 17.3 Å². The van der Waals surface area contributed by atoms with Gasteiger partial charge in [0.2, 0.25) is 11.8 Å². The first kappa shape index (κ1) is 17.3. The fourth-order valence-corrected chi connectivity index (χ4v) is 2.54. The molecule has 0 aliphatic heterocycles.